The van der Waals surface area contributed by atoms with Gasteiger partial charge in [-0.25, -0.2) is 10.9 Å². The van der Waals surface area contributed by atoms with E-state index >= 15 is 0 Å². The lowest BCUT2D eigenvalue weighted by Crippen LogP contribution is -2.50. The average Bonchev–Trinajstić information content (AvgIpc) is 3.14. The van der Waals surface area contributed by atoms with E-state index in [0.717, 1.165) is 31.0 Å². The third-order valence-corrected chi connectivity index (χ3v) is 5.02. The van der Waals surface area contributed by atoms with Gasteiger partial charge in [0.15, 0.2) is 0 Å². The minimum atomic E-state index is 0.0777. The van der Waals surface area contributed by atoms with Crippen LogP contribution in [0.5, 0.6) is 0 Å². The molecule has 0 radical (unpaired) electrons. The quantitative estimate of drug-likeness (QED) is 0.797. The number of hydrogen-bond donors (Lipinski definition) is 3. The maximum Gasteiger partial charge on any atom is 0.0967 e. The first-order chi connectivity index (χ1) is 11.8. The van der Waals surface area contributed by atoms with Crippen molar-refractivity contribution in [3.63, 3.8) is 0 Å². The molecule has 3 N–H and O–H groups in total. The van der Waals surface area contributed by atoms with Gasteiger partial charge in [-0.05, 0) is 41.7 Å². The van der Waals surface area contributed by atoms with Crippen LogP contribution in [0.4, 0.5) is 0 Å². The van der Waals surface area contributed by atoms with E-state index in [1.54, 1.807) is 0 Å². The van der Waals surface area contributed by atoms with E-state index in [-0.39, 0.29) is 12.2 Å². The second-order valence-electron chi connectivity index (χ2n) is 6.38. The van der Waals surface area contributed by atoms with Gasteiger partial charge in [-0.15, -0.1) is 0 Å². The molecule has 0 amide bonds. The Kier molecular flexibility index (Phi) is 4.83. The van der Waals surface area contributed by atoms with Crippen LogP contribution in [0.2, 0.25) is 5.02 Å². The van der Waals surface area contributed by atoms with Gasteiger partial charge in [-0.2, -0.15) is 0 Å². The number of fused-ring (bicyclic) bond motifs is 1. The summed E-state index contributed by atoms with van der Waals surface area (Å²) in [5.41, 5.74) is 10.6. The van der Waals surface area contributed by atoms with E-state index in [0.29, 0.717) is 6.10 Å². The number of rotatable bonds is 4. The van der Waals surface area contributed by atoms with Crippen molar-refractivity contribution in [3.05, 3.63) is 70.2 Å². The fourth-order valence-electron chi connectivity index (χ4n) is 3.49. The largest absolute Gasteiger partial charge is 0.377 e. The van der Waals surface area contributed by atoms with Gasteiger partial charge in [-0.3, -0.25) is 5.32 Å². The molecule has 0 saturated carbocycles. The number of halogens is 1. The van der Waals surface area contributed by atoms with Gasteiger partial charge in [0, 0.05) is 18.2 Å². The molecule has 2 unspecified atom stereocenters. The Hall–Kier alpha value is -1.43. The highest BCUT2D eigenvalue weighted by Gasteiger charge is 2.28. The Labute approximate surface area is 147 Å². The summed E-state index contributed by atoms with van der Waals surface area (Å²) in [6.45, 7) is 1.75. The number of nitrogens with one attached hydrogen (secondary N) is 3. The molecular formula is C19H22ClN3O. The van der Waals surface area contributed by atoms with Gasteiger partial charge >= 0.3 is 0 Å². The zero-order valence-corrected chi connectivity index (χ0v) is 14.2. The lowest BCUT2D eigenvalue weighted by molar-refractivity contribution is 0.104. The zero-order valence-electron chi connectivity index (χ0n) is 13.5. The summed E-state index contributed by atoms with van der Waals surface area (Å²) in [5.74, 6) is 0. The molecule has 2 aromatic carbocycles. The smallest absolute Gasteiger partial charge is 0.0967 e. The van der Waals surface area contributed by atoms with E-state index in [1.165, 1.54) is 16.7 Å². The summed E-state index contributed by atoms with van der Waals surface area (Å²) in [7, 11) is 0. The van der Waals surface area contributed by atoms with Crippen molar-refractivity contribution in [1.29, 1.82) is 0 Å². The fourth-order valence-corrected chi connectivity index (χ4v) is 3.62. The number of ether oxygens (including phenoxy) is 1. The summed E-state index contributed by atoms with van der Waals surface area (Å²) in [5, 5.41) is 4.34. The summed E-state index contributed by atoms with van der Waals surface area (Å²) in [6.07, 6.45) is 2.71. The monoisotopic (exact) mass is 343 g/mol. The van der Waals surface area contributed by atoms with Crippen molar-refractivity contribution in [2.24, 2.45) is 0 Å². The maximum atomic E-state index is 6.02. The van der Waals surface area contributed by atoms with Crippen LogP contribution in [0.3, 0.4) is 0 Å². The van der Waals surface area contributed by atoms with Gasteiger partial charge < -0.3 is 4.74 Å². The molecule has 2 aromatic rings. The number of hydrazine groups is 1. The predicted octanol–water partition coefficient (Wildman–Crippen LogP) is 3.30. The first-order valence-electron chi connectivity index (χ1n) is 8.51. The summed E-state index contributed by atoms with van der Waals surface area (Å²) < 4.78 is 5.71. The SMILES string of the molecule is Clc1ccc(C2NNC(NC[C@@H]3CCCO3)c3ccccc32)cc1. The van der Waals surface area contributed by atoms with Crippen molar-refractivity contribution in [2.75, 3.05) is 13.2 Å². The van der Waals surface area contributed by atoms with Crippen LogP contribution in [0.25, 0.3) is 0 Å². The Bertz CT molecular complexity index is 685. The highest BCUT2D eigenvalue weighted by molar-refractivity contribution is 6.30. The number of hydrogen-bond acceptors (Lipinski definition) is 4. The molecule has 0 spiro atoms. The normalized spacial score (nSPS) is 26.3. The van der Waals surface area contributed by atoms with E-state index in [9.17, 15) is 0 Å². The Balaban J connectivity index is 1.54. The molecule has 24 heavy (non-hydrogen) atoms. The molecule has 1 fully saturated rings. The van der Waals surface area contributed by atoms with Crippen molar-refractivity contribution < 1.29 is 4.74 Å². The van der Waals surface area contributed by atoms with Gasteiger partial charge in [0.25, 0.3) is 0 Å². The number of benzene rings is 2. The predicted molar refractivity (Wildman–Crippen MR) is 95.7 cm³/mol. The highest BCUT2D eigenvalue weighted by Crippen LogP contribution is 2.31. The fraction of sp³-hybridized carbons (Fsp3) is 0.368. The lowest BCUT2D eigenvalue weighted by Gasteiger charge is -2.35. The van der Waals surface area contributed by atoms with E-state index in [2.05, 4.69) is 52.6 Å². The van der Waals surface area contributed by atoms with Crippen LogP contribution in [0.1, 0.15) is 41.7 Å². The van der Waals surface area contributed by atoms with Crippen molar-refractivity contribution in [2.45, 2.75) is 31.2 Å². The lowest BCUT2D eigenvalue weighted by atomic mass is 9.92. The minimum absolute atomic E-state index is 0.0777. The van der Waals surface area contributed by atoms with Crippen molar-refractivity contribution in [3.8, 4) is 0 Å². The van der Waals surface area contributed by atoms with Gasteiger partial charge in [0.2, 0.25) is 0 Å². The molecular weight excluding hydrogens is 322 g/mol. The van der Waals surface area contributed by atoms with Crippen LogP contribution in [0.15, 0.2) is 48.5 Å². The second kappa shape index (κ2) is 7.21. The minimum Gasteiger partial charge on any atom is -0.377 e. The average molecular weight is 344 g/mol. The summed E-state index contributed by atoms with van der Waals surface area (Å²) >= 11 is 6.02. The Morgan fingerprint density at radius 3 is 2.58 bits per heavy atom. The molecule has 2 aliphatic rings. The van der Waals surface area contributed by atoms with Crippen molar-refractivity contribution >= 4 is 11.6 Å². The third-order valence-electron chi connectivity index (χ3n) is 4.77. The molecule has 5 heteroatoms. The van der Waals surface area contributed by atoms with E-state index in [4.69, 9.17) is 16.3 Å². The molecule has 0 bridgehead atoms. The van der Waals surface area contributed by atoms with Crippen LogP contribution in [0, 0.1) is 0 Å². The van der Waals surface area contributed by atoms with Crippen molar-refractivity contribution in [1.82, 2.24) is 16.2 Å². The highest BCUT2D eigenvalue weighted by atomic mass is 35.5. The van der Waals surface area contributed by atoms with E-state index < -0.39 is 0 Å². The first kappa shape index (κ1) is 16.1. The standard InChI is InChI=1S/C19H22ClN3O/c20-14-9-7-13(8-10-14)18-16-5-1-2-6-17(16)19(23-22-18)21-12-15-4-3-11-24-15/h1-2,5-10,15,18-19,21-23H,3-4,11-12H2/t15-,18?,19?/m0/s1. The first-order valence-corrected chi connectivity index (χ1v) is 8.89. The topological polar surface area (TPSA) is 45.3 Å². The molecule has 3 atom stereocenters. The van der Waals surface area contributed by atoms with Gasteiger partial charge in [0.1, 0.15) is 0 Å². The summed E-state index contributed by atoms with van der Waals surface area (Å²) in [4.78, 5) is 0. The van der Waals surface area contributed by atoms with Gasteiger partial charge in [0.05, 0.1) is 18.3 Å². The van der Waals surface area contributed by atoms with Crippen LogP contribution in [-0.2, 0) is 4.74 Å². The molecule has 4 nitrogen and oxygen atoms in total. The Morgan fingerprint density at radius 2 is 1.83 bits per heavy atom. The molecule has 0 aromatic heterocycles. The summed E-state index contributed by atoms with van der Waals surface area (Å²) in [6, 6.07) is 16.7. The molecule has 0 aliphatic carbocycles. The second-order valence-corrected chi connectivity index (χ2v) is 6.81. The maximum absolute atomic E-state index is 6.02. The molecule has 126 valence electrons. The molecule has 2 heterocycles. The molecule has 1 saturated heterocycles. The van der Waals surface area contributed by atoms with E-state index in [1.807, 2.05) is 12.1 Å². The van der Waals surface area contributed by atoms with Crippen LogP contribution >= 0.6 is 11.6 Å². The molecule has 4 rings (SSSR count). The zero-order chi connectivity index (χ0) is 16.4. The van der Waals surface area contributed by atoms with Crippen LogP contribution < -0.4 is 16.2 Å². The van der Waals surface area contributed by atoms with Gasteiger partial charge in [-0.1, -0.05) is 48.0 Å². The van der Waals surface area contributed by atoms with Crippen LogP contribution in [-0.4, -0.2) is 19.3 Å². The molecule has 2 aliphatic heterocycles. The Morgan fingerprint density at radius 1 is 1.04 bits per heavy atom. The third kappa shape index (κ3) is 3.34.